The predicted octanol–water partition coefficient (Wildman–Crippen LogP) is 2.56. The molecular formula is C14H13FN2O2. The fourth-order valence-corrected chi connectivity index (χ4v) is 1.79. The molecule has 0 radical (unpaired) electrons. The van der Waals surface area contributed by atoms with Gasteiger partial charge in [-0.1, -0.05) is 6.07 Å². The molecule has 1 aromatic heterocycles. The number of anilines is 1. The van der Waals surface area contributed by atoms with E-state index in [0.29, 0.717) is 6.54 Å². The van der Waals surface area contributed by atoms with Crippen molar-refractivity contribution in [3.8, 4) is 0 Å². The number of aromatic nitrogens is 1. The smallest absolute Gasteiger partial charge is 0.335 e. The number of halogens is 1. The Balaban J connectivity index is 2.25. The van der Waals surface area contributed by atoms with E-state index in [2.05, 4.69) is 4.98 Å². The Morgan fingerprint density at radius 3 is 2.84 bits per heavy atom. The van der Waals surface area contributed by atoms with Crippen molar-refractivity contribution in [2.24, 2.45) is 0 Å². The van der Waals surface area contributed by atoms with Crippen molar-refractivity contribution in [2.75, 3.05) is 11.9 Å². The summed E-state index contributed by atoms with van der Waals surface area (Å²) >= 11 is 0. The summed E-state index contributed by atoms with van der Waals surface area (Å²) < 4.78 is 13.7. The van der Waals surface area contributed by atoms with Gasteiger partial charge in [-0.2, -0.15) is 0 Å². The fraction of sp³-hybridized carbons (Fsp3) is 0.143. The largest absolute Gasteiger partial charge is 0.478 e. The molecule has 0 spiro atoms. The van der Waals surface area contributed by atoms with Gasteiger partial charge in [-0.3, -0.25) is 4.98 Å². The standard InChI is InChI=1S/C14H13FN2O2/c1-17(9-10-3-2-6-16-8-10)13-7-11(14(18)19)4-5-12(13)15/h2-8H,9H2,1H3,(H,18,19). The van der Waals surface area contributed by atoms with Crippen molar-refractivity contribution >= 4 is 11.7 Å². The van der Waals surface area contributed by atoms with Crippen LogP contribution >= 0.6 is 0 Å². The molecule has 1 heterocycles. The van der Waals surface area contributed by atoms with Crippen LogP contribution in [-0.2, 0) is 6.54 Å². The van der Waals surface area contributed by atoms with Crippen LogP contribution < -0.4 is 4.90 Å². The van der Waals surface area contributed by atoms with Gasteiger partial charge in [0, 0.05) is 26.0 Å². The SMILES string of the molecule is CN(Cc1cccnc1)c1cc(C(=O)O)ccc1F. The molecule has 98 valence electrons. The van der Waals surface area contributed by atoms with Crippen molar-refractivity contribution < 1.29 is 14.3 Å². The minimum absolute atomic E-state index is 0.0643. The van der Waals surface area contributed by atoms with Gasteiger partial charge in [-0.05, 0) is 29.8 Å². The molecule has 0 saturated carbocycles. The highest BCUT2D eigenvalue weighted by molar-refractivity contribution is 5.88. The average Bonchev–Trinajstić information content (AvgIpc) is 2.40. The summed E-state index contributed by atoms with van der Waals surface area (Å²) in [5, 5.41) is 8.92. The number of hydrogen-bond acceptors (Lipinski definition) is 3. The van der Waals surface area contributed by atoms with Crippen molar-refractivity contribution in [1.29, 1.82) is 0 Å². The summed E-state index contributed by atoms with van der Waals surface area (Å²) in [5.74, 6) is -1.52. The second-order valence-corrected chi connectivity index (χ2v) is 4.19. The van der Waals surface area contributed by atoms with E-state index in [-0.39, 0.29) is 11.3 Å². The Kier molecular flexibility index (Phi) is 3.75. The van der Waals surface area contributed by atoms with E-state index in [0.717, 1.165) is 5.56 Å². The molecule has 5 heteroatoms. The third kappa shape index (κ3) is 3.07. The van der Waals surface area contributed by atoms with E-state index < -0.39 is 11.8 Å². The lowest BCUT2D eigenvalue weighted by Crippen LogP contribution is -2.18. The van der Waals surface area contributed by atoms with E-state index in [1.54, 1.807) is 30.4 Å². The van der Waals surface area contributed by atoms with E-state index in [1.165, 1.54) is 18.2 Å². The number of nitrogens with zero attached hydrogens (tertiary/aromatic N) is 2. The maximum Gasteiger partial charge on any atom is 0.335 e. The lowest BCUT2D eigenvalue weighted by atomic mass is 10.1. The summed E-state index contributed by atoms with van der Waals surface area (Å²) in [6, 6.07) is 7.42. The minimum atomic E-state index is -1.07. The molecule has 19 heavy (non-hydrogen) atoms. The van der Waals surface area contributed by atoms with Crippen molar-refractivity contribution in [3.05, 3.63) is 59.7 Å². The number of aromatic carboxylic acids is 1. The highest BCUT2D eigenvalue weighted by atomic mass is 19.1. The highest BCUT2D eigenvalue weighted by Crippen LogP contribution is 2.21. The number of carbonyl (C=O) groups is 1. The van der Waals surface area contributed by atoms with Crippen LogP contribution in [0.5, 0.6) is 0 Å². The number of hydrogen-bond donors (Lipinski definition) is 1. The van der Waals surface area contributed by atoms with Gasteiger partial charge in [0.15, 0.2) is 0 Å². The molecule has 0 amide bonds. The lowest BCUT2D eigenvalue weighted by molar-refractivity contribution is 0.0697. The molecule has 0 unspecified atom stereocenters. The quantitative estimate of drug-likeness (QED) is 0.917. The lowest BCUT2D eigenvalue weighted by Gasteiger charge is -2.20. The fourth-order valence-electron chi connectivity index (χ4n) is 1.79. The van der Waals surface area contributed by atoms with E-state index in [9.17, 15) is 9.18 Å². The zero-order valence-corrected chi connectivity index (χ0v) is 10.4. The average molecular weight is 260 g/mol. The molecule has 0 aliphatic rings. The van der Waals surface area contributed by atoms with Gasteiger partial charge in [-0.15, -0.1) is 0 Å². The molecule has 0 fully saturated rings. The van der Waals surface area contributed by atoms with Crippen molar-refractivity contribution in [2.45, 2.75) is 6.54 Å². The number of carboxylic acids is 1. The molecule has 0 aliphatic carbocycles. The van der Waals surface area contributed by atoms with Gasteiger partial charge in [0.1, 0.15) is 5.82 Å². The zero-order valence-electron chi connectivity index (χ0n) is 10.4. The monoisotopic (exact) mass is 260 g/mol. The Morgan fingerprint density at radius 1 is 1.42 bits per heavy atom. The Morgan fingerprint density at radius 2 is 2.21 bits per heavy atom. The summed E-state index contributed by atoms with van der Waals surface area (Å²) in [4.78, 5) is 16.5. The Bertz CT molecular complexity index is 587. The first-order chi connectivity index (χ1) is 9.08. The number of pyridine rings is 1. The first-order valence-corrected chi connectivity index (χ1v) is 5.71. The Labute approximate surface area is 110 Å². The summed E-state index contributed by atoms with van der Waals surface area (Å²) in [6.45, 7) is 0.452. The summed E-state index contributed by atoms with van der Waals surface area (Å²) in [7, 11) is 1.71. The van der Waals surface area contributed by atoms with Crippen molar-refractivity contribution in [3.63, 3.8) is 0 Å². The van der Waals surface area contributed by atoms with Crippen LogP contribution in [0.3, 0.4) is 0 Å². The highest BCUT2D eigenvalue weighted by Gasteiger charge is 2.12. The normalized spacial score (nSPS) is 10.2. The van der Waals surface area contributed by atoms with Gasteiger partial charge in [0.25, 0.3) is 0 Å². The maximum atomic E-state index is 13.7. The molecule has 0 aliphatic heterocycles. The van der Waals surface area contributed by atoms with E-state index in [1.807, 2.05) is 6.07 Å². The molecular weight excluding hydrogens is 247 g/mol. The molecule has 2 aromatic rings. The van der Waals surface area contributed by atoms with Gasteiger partial charge < -0.3 is 10.0 Å². The molecule has 0 atom stereocenters. The third-order valence-electron chi connectivity index (χ3n) is 2.75. The van der Waals surface area contributed by atoms with Gasteiger partial charge in [0.05, 0.1) is 11.3 Å². The first kappa shape index (κ1) is 13.0. The predicted molar refractivity (Wildman–Crippen MR) is 69.7 cm³/mol. The maximum absolute atomic E-state index is 13.7. The zero-order chi connectivity index (χ0) is 13.8. The van der Waals surface area contributed by atoms with Crippen LogP contribution in [-0.4, -0.2) is 23.1 Å². The van der Waals surface area contributed by atoms with Crippen LogP contribution in [0.25, 0.3) is 0 Å². The molecule has 0 saturated heterocycles. The number of carboxylic acid groups (broad SMARTS) is 1. The van der Waals surface area contributed by atoms with E-state index >= 15 is 0 Å². The summed E-state index contributed by atoms with van der Waals surface area (Å²) in [5.41, 5.74) is 1.24. The topological polar surface area (TPSA) is 53.4 Å². The van der Waals surface area contributed by atoms with Crippen LogP contribution in [0.2, 0.25) is 0 Å². The van der Waals surface area contributed by atoms with Crippen molar-refractivity contribution in [1.82, 2.24) is 4.98 Å². The van der Waals surface area contributed by atoms with Gasteiger partial charge in [0.2, 0.25) is 0 Å². The third-order valence-corrected chi connectivity index (χ3v) is 2.75. The summed E-state index contributed by atoms with van der Waals surface area (Å²) in [6.07, 6.45) is 3.35. The number of benzene rings is 1. The van der Waals surface area contributed by atoms with Crippen LogP contribution in [0, 0.1) is 5.82 Å². The second-order valence-electron chi connectivity index (χ2n) is 4.19. The van der Waals surface area contributed by atoms with Gasteiger partial charge >= 0.3 is 5.97 Å². The molecule has 4 nitrogen and oxygen atoms in total. The van der Waals surface area contributed by atoms with E-state index in [4.69, 9.17) is 5.11 Å². The molecule has 0 bridgehead atoms. The van der Waals surface area contributed by atoms with Crippen LogP contribution in [0.15, 0.2) is 42.7 Å². The minimum Gasteiger partial charge on any atom is -0.478 e. The molecule has 2 rings (SSSR count). The molecule has 1 N–H and O–H groups in total. The van der Waals surface area contributed by atoms with Gasteiger partial charge in [-0.25, -0.2) is 9.18 Å². The molecule has 1 aromatic carbocycles. The number of rotatable bonds is 4. The second kappa shape index (κ2) is 5.48. The first-order valence-electron chi connectivity index (χ1n) is 5.71. The Hall–Kier alpha value is -2.43. The van der Waals surface area contributed by atoms with Crippen LogP contribution in [0.1, 0.15) is 15.9 Å². The van der Waals surface area contributed by atoms with Crippen LogP contribution in [0.4, 0.5) is 10.1 Å².